The van der Waals surface area contributed by atoms with Crippen LogP contribution in [0.3, 0.4) is 0 Å². The average molecular weight is 393 g/mol. The highest BCUT2D eigenvalue weighted by Gasteiger charge is 2.46. The van der Waals surface area contributed by atoms with Gasteiger partial charge in [0.15, 0.2) is 0 Å². The van der Waals surface area contributed by atoms with E-state index in [1.54, 1.807) is 12.1 Å². The van der Waals surface area contributed by atoms with Crippen molar-refractivity contribution in [3.8, 4) is 0 Å². The van der Waals surface area contributed by atoms with Crippen LogP contribution in [0, 0.1) is 0 Å². The molecule has 0 aliphatic carbocycles. The Morgan fingerprint density at radius 3 is 2.91 bits per heavy atom. The lowest BCUT2D eigenvalue weighted by Gasteiger charge is -2.25. The largest absolute Gasteiger partial charge is 0.364 e. The molecule has 3 nitrogen and oxygen atoms in total. The SMILES string of the molecule is O=C(c1ccc(Br)cc1Cl)N1CC[C@@]2(C1)OCc1ccccc12. The summed E-state index contributed by atoms with van der Waals surface area (Å²) in [6.07, 6.45) is 0.823. The molecule has 0 aromatic heterocycles. The minimum absolute atomic E-state index is 0.0349. The highest BCUT2D eigenvalue weighted by molar-refractivity contribution is 9.10. The summed E-state index contributed by atoms with van der Waals surface area (Å²) in [6, 6.07) is 13.6. The van der Waals surface area contributed by atoms with Crippen LogP contribution in [0.25, 0.3) is 0 Å². The lowest BCUT2D eigenvalue weighted by atomic mass is 9.92. The average Bonchev–Trinajstić information content (AvgIpc) is 3.13. The molecular weight excluding hydrogens is 378 g/mol. The van der Waals surface area contributed by atoms with Gasteiger partial charge in [-0.05, 0) is 35.7 Å². The van der Waals surface area contributed by atoms with Crippen molar-refractivity contribution >= 4 is 33.4 Å². The number of rotatable bonds is 1. The minimum atomic E-state index is -0.353. The molecule has 2 heterocycles. The minimum Gasteiger partial charge on any atom is -0.364 e. The van der Waals surface area contributed by atoms with Crippen molar-refractivity contribution in [1.82, 2.24) is 4.90 Å². The predicted molar refractivity (Wildman–Crippen MR) is 92.6 cm³/mol. The number of ether oxygens (including phenoxy) is 1. The van der Waals surface area contributed by atoms with Crippen molar-refractivity contribution < 1.29 is 9.53 Å². The molecule has 2 aromatic carbocycles. The topological polar surface area (TPSA) is 29.5 Å². The number of hydrogen-bond acceptors (Lipinski definition) is 2. The van der Waals surface area contributed by atoms with Crippen molar-refractivity contribution in [1.29, 1.82) is 0 Å². The summed E-state index contributed by atoms with van der Waals surface area (Å²) >= 11 is 9.59. The van der Waals surface area contributed by atoms with Crippen molar-refractivity contribution in [3.63, 3.8) is 0 Å². The normalized spacial score (nSPS) is 22.6. The van der Waals surface area contributed by atoms with E-state index in [4.69, 9.17) is 16.3 Å². The van der Waals surface area contributed by atoms with Crippen LogP contribution in [0.2, 0.25) is 5.02 Å². The van der Waals surface area contributed by atoms with Crippen LogP contribution in [0.15, 0.2) is 46.9 Å². The molecule has 2 aromatic rings. The van der Waals surface area contributed by atoms with E-state index in [1.165, 1.54) is 11.1 Å². The monoisotopic (exact) mass is 391 g/mol. The Balaban J connectivity index is 1.61. The van der Waals surface area contributed by atoms with Crippen LogP contribution >= 0.6 is 27.5 Å². The molecule has 1 fully saturated rings. The van der Waals surface area contributed by atoms with Crippen molar-refractivity contribution in [2.75, 3.05) is 13.1 Å². The third-order valence-electron chi connectivity index (χ3n) is 4.69. The summed E-state index contributed by atoms with van der Waals surface area (Å²) in [5, 5.41) is 0.470. The Labute approximate surface area is 148 Å². The maximum atomic E-state index is 12.8. The molecule has 2 aliphatic heterocycles. The molecule has 0 radical (unpaired) electrons. The number of carbonyl (C=O) groups is 1. The summed E-state index contributed by atoms with van der Waals surface area (Å²) in [6.45, 7) is 1.88. The van der Waals surface area contributed by atoms with Gasteiger partial charge in [0.25, 0.3) is 5.91 Å². The van der Waals surface area contributed by atoms with Crippen LogP contribution in [0.5, 0.6) is 0 Å². The number of amides is 1. The molecule has 1 spiro atoms. The van der Waals surface area contributed by atoms with Gasteiger partial charge in [0, 0.05) is 11.0 Å². The van der Waals surface area contributed by atoms with Gasteiger partial charge in [-0.1, -0.05) is 51.8 Å². The molecule has 1 amide bonds. The van der Waals surface area contributed by atoms with E-state index in [-0.39, 0.29) is 11.5 Å². The predicted octanol–water partition coefficient (Wildman–Crippen LogP) is 4.37. The fourth-order valence-electron chi connectivity index (χ4n) is 3.51. The van der Waals surface area contributed by atoms with Crippen LogP contribution < -0.4 is 0 Å². The van der Waals surface area contributed by atoms with Gasteiger partial charge in [-0.3, -0.25) is 4.79 Å². The molecule has 2 aliphatic rings. The summed E-state index contributed by atoms with van der Waals surface area (Å²) in [5.41, 5.74) is 2.63. The van der Waals surface area contributed by atoms with E-state index in [9.17, 15) is 4.79 Å². The van der Waals surface area contributed by atoms with Crippen LogP contribution in [0.1, 0.15) is 27.9 Å². The number of hydrogen-bond donors (Lipinski definition) is 0. The lowest BCUT2D eigenvalue weighted by molar-refractivity contribution is -0.0282. The number of likely N-dealkylation sites (tertiary alicyclic amines) is 1. The van der Waals surface area contributed by atoms with Crippen molar-refractivity contribution in [3.05, 3.63) is 68.7 Å². The number of benzene rings is 2. The summed E-state index contributed by atoms with van der Waals surface area (Å²) < 4.78 is 6.97. The van der Waals surface area contributed by atoms with Crippen LogP contribution in [-0.4, -0.2) is 23.9 Å². The Bertz CT molecular complexity index is 794. The van der Waals surface area contributed by atoms with Gasteiger partial charge in [0.05, 0.1) is 23.7 Å². The molecule has 118 valence electrons. The number of nitrogens with zero attached hydrogens (tertiary/aromatic N) is 1. The Hall–Kier alpha value is -1.36. The van der Waals surface area contributed by atoms with Gasteiger partial charge < -0.3 is 9.64 Å². The van der Waals surface area contributed by atoms with Gasteiger partial charge in [0.1, 0.15) is 5.60 Å². The third kappa shape index (κ3) is 2.49. The number of halogens is 2. The molecule has 0 unspecified atom stereocenters. The Kier molecular flexibility index (Phi) is 3.71. The molecule has 5 heteroatoms. The Morgan fingerprint density at radius 1 is 1.26 bits per heavy atom. The first kappa shape index (κ1) is 15.2. The second-order valence-corrected chi connectivity index (χ2v) is 7.36. The maximum Gasteiger partial charge on any atom is 0.255 e. The summed E-state index contributed by atoms with van der Waals surface area (Å²) in [5.74, 6) is -0.0349. The zero-order valence-electron chi connectivity index (χ0n) is 12.4. The molecule has 1 saturated heterocycles. The molecule has 1 atom stereocenters. The molecule has 0 N–H and O–H groups in total. The second-order valence-electron chi connectivity index (χ2n) is 6.04. The molecule has 23 heavy (non-hydrogen) atoms. The summed E-state index contributed by atoms with van der Waals surface area (Å²) in [7, 11) is 0. The quantitative estimate of drug-likeness (QED) is 0.721. The third-order valence-corrected chi connectivity index (χ3v) is 5.50. The summed E-state index contributed by atoms with van der Waals surface area (Å²) in [4.78, 5) is 14.6. The smallest absolute Gasteiger partial charge is 0.255 e. The van der Waals surface area contributed by atoms with E-state index in [0.29, 0.717) is 30.3 Å². The van der Waals surface area contributed by atoms with Crippen LogP contribution in [-0.2, 0) is 16.9 Å². The first-order valence-corrected chi connectivity index (χ1v) is 8.73. The highest BCUT2D eigenvalue weighted by atomic mass is 79.9. The van der Waals surface area contributed by atoms with Gasteiger partial charge in [-0.2, -0.15) is 0 Å². The standard InChI is InChI=1S/C18H15BrClNO2/c19-13-5-6-14(16(20)9-13)17(22)21-8-7-18(11-21)15-4-2-1-3-12(15)10-23-18/h1-6,9H,7-8,10-11H2/t18-/m0/s1. The van der Waals surface area contributed by atoms with Crippen molar-refractivity contribution in [2.45, 2.75) is 18.6 Å². The first-order chi connectivity index (χ1) is 11.1. The van der Waals surface area contributed by atoms with E-state index in [0.717, 1.165) is 10.9 Å². The lowest BCUT2D eigenvalue weighted by Crippen LogP contribution is -2.34. The van der Waals surface area contributed by atoms with Gasteiger partial charge in [-0.25, -0.2) is 0 Å². The maximum absolute atomic E-state index is 12.8. The second kappa shape index (κ2) is 5.62. The first-order valence-electron chi connectivity index (χ1n) is 7.56. The molecular formula is C18H15BrClNO2. The van der Waals surface area contributed by atoms with E-state index in [2.05, 4.69) is 28.1 Å². The van der Waals surface area contributed by atoms with E-state index in [1.807, 2.05) is 23.1 Å². The Morgan fingerprint density at radius 2 is 2.09 bits per heavy atom. The van der Waals surface area contributed by atoms with E-state index >= 15 is 0 Å². The zero-order chi connectivity index (χ0) is 16.0. The fraction of sp³-hybridized carbons (Fsp3) is 0.278. The van der Waals surface area contributed by atoms with Gasteiger partial charge in [-0.15, -0.1) is 0 Å². The zero-order valence-corrected chi connectivity index (χ0v) is 14.7. The highest BCUT2D eigenvalue weighted by Crippen LogP contribution is 2.43. The fourth-order valence-corrected chi connectivity index (χ4v) is 4.26. The number of carbonyl (C=O) groups excluding carboxylic acids is 1. The van der Waals surface area contributed by atoms with Gasteiger partial charge in [0.2, 0.25) is 0 Å². The molecule has 0 bridgehead atoms. The van der Waals surface area contributed by atoms with Crippen molar-refractivity contribution in [2.24, 2.45) is 0 Å². The van der Waals surface area contributed by atoms with E-state index < -0.39 is 0 Å². The molecule has 4 rings (SSSR count). The number of fused-ring (bicyclic) bond motifs is 2. The van der Waals surface area contributed by atoms with Crippen LogP contribution in [0.4, 0.5) is 0 Å². The van der Waals surface area contributed by atoms with Gasteiger partial charge >= 0.3 is 0 Å². The molecule has 0 saturated carbocycles.